The predicted octanol–water partition coefficient (Wildman–Crippen LogP) is 2.98. The molecule has 0 aliphatic carbocycles. The van der Waals surface area contributed by atoms with Crippen LogP contribution in [0.25, 0.3) is 0 Å². The molecule has 2 aromatic rings. The second-order valence-electron chi connectivity index (χ2n) is 4.62. The van der Waals surface area contributed by atoms with Gasteiger partial charge >= 0.3 is 0 Å². The van der Waals surface area contributed by atoms with Crippen LogP contribution in [0, 0.1) is 6.92 Å². The first-order chi connectivity index (χ1) is 9.15. The zero-order chi connectivity index (χ0) is 13.8. The monoisotopic (exact) mass is 322 g/mol. The second-order valence-corrected chi connectivity index (χ2v) is 5.48. The van der Waals surface area contributed by atoms with Crippen molar-refractivity contribution in [2.75, 3.05) is 6.54 Å². The summed E-state index contributed by atoms with van der Waals surface area (Å²) in [6.45, 7) is 5.25. The predicted molar refractivity (Wildman–Crippen MR) is 80.0 cm³/mol. The van der Waals surface area contributed by atoms with Crippen molar-refractivity contribution in [3.8, 4) is 0 Å². The molecule has 0 saturated heterocycles. The standard InChI is InChI=1S/C14H19BrN4/c1-4-8-16-14(13-9-17-18-19(13)3)11-6-5-7-12(15)10(11)2/h5-7,9,14,16H,4,8H2,1-3H3. The van der Waals surface area contributed by atoms with Crippen LogP contribution < -0.4 is 5.32 Å². The Balaban J connectivity index is 2.43. The summed E-state index contributed by atoms with van der Waals surface area (Å²) in [5.41, 5.74) is 3.58. The van der Waals surface area contributed by atoms with Gasteiger partial charge in [-0.15, -0.1) is 5.10 Å². The zero-order valence-corrected chi connectivity index (χ0v) is 13.1. The molecule has 4 nitrogen and oxygen atoms in total. The summed E-state index contributed by atoms with van der Waals surface area (Å²) in [4.78, 5) is 0. The molecule has 0 amide bonds. The average Bonchev–Trinajstić information content (AvgIpc) is 2.81. The molecular weight excluding hydrogens is 304 g/mol. The first kappa shape index (κ1) is 14.2. The van der Waals surface area contributed by atoms with E-state index in [1.54, 1.807) is 0 Å². The van der Waals surface area contributed by atoms with Gasteiger partial charge in [0.2, 0.25) is 0 Å². The van der Waals surface area contributed by atoms with E-state index in [0.717, 1.165) is 23.1 Å². The van der Waals surface area contributed by atoms with E-state index in [9.17, 15) is 0 Å². The summed E-state index contributed by atoms with van der Waals surface area (Å²) >= 11 is 3.60. The van der Waals surface area contributed by atoms with E-state index in [0.29, 0.717) is 0 Å². The Morgan fingerprint density at radius 1 is 1.42 bits per heavy atom. The topological polar surface area (TPSA) is 42.7 Å². The van der Waals surface area contributed by atoms with Crippen molar-refractivity contribution in [3.05, 3.63) is 45.7 Å². The van der Waals surface area contributed by atoms with Crippen LogP contribution in [0.5, 0.6) is 0 Å². The molecule has 1 unspecified atom stereocenters. The normalized spacial score (nSPS) is 12.6. The van der Waals surface area contributed by atoms with E-state index >= 15 is 0 Å². The SMILES string of the molecule is CCCNC(c1cccc(Br)c1C)c1cnnn1C. The van der Waals surface area contributed by atoms with Crippen LogP contribution in [0.15, 0.2) is 28.9 Å². The fraction of sp³-hybridized carbons (Fsp3) is 0.429. The summed E-state index contributed by atoms with van der Waals surface area (Å²) in [7, 11) is 1.93. The summed E-state index contributed by atoms with van der Waals surface area (Å²) in [5, 5.41) is 11.6. The third kappa shape index (κ3) is 3.04. The minimum absolute atomic E-state index is 0.123. The van der Waals surface area contributed by atoms with Gasteiger partial charge in [0.1, 0.15) is 0 Å². The van der Waals surface area contributed by atoms with Crippen LogP contribution in [0.2, 0.25) is 0 Å². The van der Waals surface area contributed by atoms with E-state index < -0.39 is 0 Å². The van der Waals surface area contributed by atoms with Crippen LogP contribution in [0.3, 0.4) is 0 Å². The van der Waals surface area contributed by atoms with Crippen molar-refractivity contribution >= 4 is 15.9 Å². The fourth-order valence-corrected chi connectivity index (χ4v) is 2.54. The molecule has 0 aliphatic heterocycles. The highest BCUT2D eigenvalue weighted by molar-refractivity contribution is 9.10. The lowest BCUT2D eigenvalue weighted by molar-refractivity contribution is 0.548. The molecule has 0 fully saturated rings. The van der Waals surface area contributed by atoms with Gasteiger partial charge in [-0.3, -0.25) is 4.68 Å². The third-order valence-electron chi connectivity index (χ3n) is 3.26. The molecule has 0 radical (unpaired) electrons. The summed E-state index contributed by atoms with van der Waals surface area (Å²) in [6.07, 6.45) is 2.92. The first-order valence-electron chi connectivity index (χ1n) is 6.48. The number of aryl methyl sites for hydroxylation is 1. The average molecular weight is 323 g/mol. The lowest BCUT2D eigenvalue weighted by atomic mass is 9.99. The Kier molecular flexibility index (Phi) is 4.71. The van der Waals surface area contributed by atoms with Crippen molar-refractivity contribution in [3.63, 3.8) is 0 Å². The van der Waals surface area contributed by atoms with Crippen molar-refractivity contribution in [2.24, 2.45) is 7.05 Å². The Morgan fingerprint density at radius 2 is 2.21 bits per heavy atom. The number of halogens is 1. The minimum atomic E-state index is 0.123. The van der Waals surface area contributed by atoms with Gasteiger partial charge < -0.3 is 5.32 Å². The molecule has 19 heavy (non-hydrogen) atoms. The third-order valence-corrected chi connectivity index (χ3v) is 4.12. The van der Waals surface area contributed by atoms with Crippen LogP contribution in [-0.2, 0) is 7.05 Å². The van der Waals surface area contributed by atoms with Gasteiger partial charge in [0.15, 0.2) is 0 Å². The van der Waals surface area contributed by atoms with Gasteiger partial charge in [-0.05, 0) is 37.1 Å². The van der Waals surface area contributed by atoms with E-state index in [1.165, 1.54) is 11.1 Å². The number of nitrogens with zero attached hydrogens (tertiary/aromatic N) is 3. The Labute approximate surface area is 122 Å². The Hall–Kier alpha value is -1.20. The molecule has 1 aromatic heterocycles. The number of benzene rings is 1. The second kappa shape index (κ2) is 6.30. The molecule has 1 N–H and O–H groups in total. The number of nitrogens with one attached hydrogen (secondary N) is 1. The number of rotatable bonds is 5. The molecule has 2 rings (SSSR count). The van der Waals surface area contributed by atoms with E-state index in [1.807, 2.05) is 17.9 Å². The molecule has 0 spiro atoms. The molecule has 102 valence electrons. The lowest BCUT2D eigenvalue weighted by Crippen LogP contribution is -2.26. The largest absolute Gasteiger partial charge is 0.305 e. The molecule has 0 saturated carbocycles. The van der Waals surface area contributed by atoms with Crippen LogP contribution >= 0.6 is 15.9 Å². The molecule has 1 aromatic carbocycles. The van der Waals surface area contributed by atoms with Crippen molar-refractivity contribution in [1.29, 1.82) is 0 Å². The number of hydrogen-bond acceptors (Lipinski definition) is 3. The molecule has 1 atom stereocenters. The van der Waals surface area contributed by atoms with Crippen LogP contribution in [0.1, 0.15) is 36.2 Å². The van der Waals surface area contributed by atoms with E-state index in [-0.39, 0.29) is 6.04 Å². The van der Waals surface area contributed by atoms with E-state index in [2.05, 4.69) is 63.6 Å². The quantitative estimate of drug-likeness (QED) is 0.920. The lowest BCUT2D eigenvalue weighted by Gasteiger charge is -2.21. The molecule has 0 aliphatic rings. The van der Waals surface area contributed by atoms with Crippen molar-refractivity contribution in [2.45, 2.75) is 26.3 Å². The zero-order valence-electron chi connectivity index (χ0n) is 11.5. The smallest absolute Gasteiger partial charge is 0.0798 e. The minimum Gasteiger partial charge on any atom is -0.305 e. The summed E-state index contributed by atoms with van der Waals surface area (Å²) in [6, 6.07) is 6.41. The number of aromatic nitrogens is 3. The fourth-order valence-electron chi connectivity index (χ4n) is 2.16. The van der Waals surface area contributed by atoms with Crippen LogP contribution in [-0.4, -0.2) is 21.5 Å². The maximum Gasteiger partial charge on any atom is 0.0798 e. The number of hydrogen-bond donors (Lipinski definition) is 1. The highest BCUT2D eigenvalue weighted by Gasteiger charge is 2.19. The van der Waals surface area contributed by atoms with Crippen molar-refractivity contribution in [1.82, 2.24) is 20.3 Å². The van der Waals surface area contributed by atoms with Gasteiger partial charge in [-0.25, -0.2) is 0 Å². The van der Waals surface area contributed by atoms with Gasteiger partial charge in [-0.1, -0.05) is 40.2 Å². The van der Waals surface area contributed by atoms with Crippen LogP contribution in [0.4, 0.5) is 0 Å². The summed E-state index contributed by atoms with van der Waals surface area (Å²) < 4.78 is 2.96. The first-order valence-corrected chi connectivity index (χ1v) is 7.27. The summed E-state index contributed by atoms with van der Waals surface area (Å²) in [5.74, 6) is 0. The van der Waals surface area contributed by atoms with Gasteiger partial charge in [0.25, 0.3) is 0 Å². The van der Waals surface area contributed by atoms with E-state index in [4.69, 9.17) is 0 Å². The molecule has 5 heteroatoms. The Morgan fingerprint density at radius 3 is 2.84 bits per heavy atom. The molecule has 0 bridgehead atoms. The Bertz CT molecular complexity index is 550. The van der Waals surface area contributed by atoms with Gasteiger partial charge in [-0.2, -0.15) is 0 Å². The molecule has 1 heterocycles. The van der Waals surface area contributed by atoms with Gasteiger partial charge in [0, 0.05) is 11.5 Å². The maximum absolute atomic E-state index is 4.04. The maximum atomic E-state index is 4.04. The van der Waals surface area contributed by atoms with Gasteiger partial charge in [0.05, 0.1) is 17.9 Å². The molecular formula is C14H19BrN4. The van der Waals surface area contributed by atoms with Crippen molar-refractivity contribution < 1.29 is 0 Å². The highest BCUT2D eigenvalue weighted by Crippen LogP contribution is 2.28. The highest BCUT2D eigenvalue weighted by atomic mass is 79.9.